The van der Waals surface area contributed by atoms with Crippen LogP contribution in [0.15, 0.2) is 22.7 Å². The van der Waals surface area contributed by atoms with E-state index >= 15 is 0 Å². The molecule has 68 valence electrons. The molecule has 2 heterocycles. The SMILES string of the molecule is CCc1ccnc2cc(CF)oc12. The highest BCUT2D eigenvalue weighted by Gasteiger charge is 2.07. The van der Waals surface area contributed by atoms with Crippen molar-refractivity contribution in [1.29, 1.82) is 0 Å². The van der Waals surface area contributed by atoms with E-state index in [0.29, 0.717) is 5.76 Å². The lowest BCUT2D eigenvalue weighted by Crippen LogP contribution is -1.81. The first-order chi connectivity index (χ1) is 6.35. The van der Waals surface area contributed by atoms with Gasteiger partial charge in [0.15, 0.2) is 5.58 Å². The molecule has 0 N–H and O–H groups in total. The minimum absolute atomic E-state index is 0.350. The maximum atomic E-state index is 12.3. The van der Waals surface area contributed by atoms with Gasteiger partial charge in [0.2, 0.25) is 0 Å². The van der Waals surface area contributed by atoms with E-state index in [4.69, 9.17) is 4.42 Å². The van der Waals surface area contributed by atoms with E-state index in [0.717, 1.165) is 23.1 Å². The van der Waals surface area contributed by atoms with Crippen LogP contribution in [0.25, 0.3) is 11.1 Å². The summed E-state index contributed by atoms with van der Waals surface area (Å²) >= 11 is 0. The molecule has 2 aromatic rings. The number of rotatable bonds is 2. The first-order valence-corrected chi connectivity index (χ1v) is 4.27. The van der Waals surface area contributed by atoms with Crippen LogP contribution in [-0.4, -0.2) is 4.98 Å². The lowest BCUT2D eigenvalue weighted by atomic mass is 10.2. The molecule has 3 heteroatoms. The molecule has 0 spiro atoms. The molecule has 0 aliphatic heterocycles. The number of pyridine rings is 1. The van der Waals surface area contributed by atoms with E-state index in [9.17, 15) is 4.39 Å². The summed E-state index contributed by atoms with van der Waals surface area (Å²) in [6.07, 6.45) is 2.59. The Hall–Kier alpha value is -1.38. The number of fused-ring (bicyclic) bond motifs is 1. The van der Waals surface area contributed by atoms with Gasteiger partial charge in [-0.05, 0) is 18.1 Å². The summed E-state index contributed by atoms with van der Waals surface area (Å²) in [5, 5.41) is 0. The molecule has 0 aromatic carbocycles. The van der Waals surface area contributed by atoms with Gasteiger partial charge in [-0.1, -0.05) is 6.92 Å². The summed E-state index contributed by atoms with van der Waals surface area (Å²) in [7, 11) is 0. The van der Waals surface area contributed by atoms with Crippen molar-refractivity contribution in [1.82, 2.24) is 4.98 Å². The lowest BCUT2D eigenvalue weighted by molar-refractivity contribution is 0.406. The molecule has 2 aromatic heterocycles. The largest absolute Gasteiger partial charge is 0.456 e. The molecular formula is C10H10FNO. The average Bonchev–Trinajstić information content (AvgIpc) is 2.59. The second-order valence-electron chi connectivity index (χ2n) is 2.88. The monoisotopic (exact) mass is 179 g/mol. The summed E-state index contributed by atoms with van der Waals surface area (Å²) in [5.74, 6) is 0.350. The second-order valence-corrected chi connectivity index (χ2v) is 2.88. The van der Waals surface area contributed by atoms with Crippen LogP contribution >= 0.6 is 0 Å². The van der Waals surface area contributed by atoms with Crippen molar-refractivity contribution in [2.24, 2.45) is 0 Å². The van der Waals surface area contributed by atoms with Crippen LogP contribution < -0.4 is 0 Å². The summed E-state index contributed by atoms with van der Waals surface area (Å²) in [5.41, 5.74) is 2.54. The summed E-state index contributed by atoms with van der Waals surface area (Å²) in [6.45, 7) is 1.46. The van der Waals surface area contributed by atoms with E-state index in [1.54, 1.807) is 12.3 Å². The topological polar surface area (TPSA) is 26.0 Å². The molecule has 2 nitrogen and oxygen atoms in total. The average molecular weight is 179 g/mol. The smallest absolute Gasteiger partial charge is 0.156 e. The minimum atomic E-state index is -0.570. The molecule has 0 fully saturated rings. The zero-order chi connectivity index (χ0) is 9.26. The van der Waals surface area contributed by atoms with Gasteiger partial charge in [-0.3, -0.25) is 4.98 Å². The fraction of sp³-hybridized carbons (Fsp3) is 0.300. The van der Waals surface area contributed by atoms with E-state index in [-0.39, 0.29) is 0 Å². The summed E-state index contributed by atoms with van der Waals surface area (Å²) in [6, 6.07) is 3.54. The molecule has 0 atom stereocenters. The third-order valence-corrected chi connectivity index (χ3v) is 2.06. The Labute approximate surface area is 75.4 Å². The maximum absolute atomic E-state index is 12.3. The van der Waals surface area contributed by atoms with Crippen molar-refractivity contribution >= 4 is 11.1 Å². The zero-order valence-corrected chi connectivity index (χ0v) is 7.38. The van der Waals surface area contributed by atoms with E-state index in [1.165, 1.54) is 0 Å². The quantitative estimate of drug-likeness (QED) is 0.708. The van der Waals surface area contributed by atoms with E-state index < -0.39 is 6.67 Å². The Morgan fingerprint density at radius 3 is 3.08 bits per heavy atom. The fourth-order valence-corrected chi connectivity index (χ4v) is 1.38. The number of nitrogens with zero attached hydrogens (tertiary/aromatic N) is 1. The minimum Gasteiger partial charge on any atom is -0.456 e. The van der Waals surface area contributed by atoms with E-state index in [2.05, 4.69) is 4.98 Å². The van der Waals surface area contributed by atoms with Crippen LogP contribution in [0.5, 0.6) is 0 Å². The van der Waals surface area contributed by atoms with Crippen molar-refractivity contribution in [3.8, 4) is 0 Å². The predicted molar refractivity (Wildman–Crippen MR) is 48.2 cm³/mol. The number of aryl methyl sites for hydroxylation is 1. The van der Waals surface area contributed by atoms with E-state index in [1.807, 2.05) is 13.0 Å². The Balaban J connectivity index is 2.67. The number of hydrogen-bond acceptors (Lipinski definition) is 2. The number of furan rings is 1. The number of aromatic nitrogens is 1. The second kappa shape index (κ2) is 3.17. The zero-order valence-electron chi connectivity index (χ0n) is 7.38. The maximum Gasteiger partial charge on any atom is 0.156 e. The molecular weight excluding hydrogens is 169 g/mol. The molecule has 0 unspecified atom stereocenters. The molecule has 0 bridgehead atoms. The first kappa shape index (κ1) is 8.23. The van der Waals surface area contributed by atoms with Gasteiger partial charge >= 0.3 is 0 Å². The van der Waals surface area contributed by atoms with Crippen molar-refractivity contribution in [3.05, 3.63) is 29.7 Å². The van der Waals surface area contributed by atoms with Crippen molar-refractivity contribution in [2.75, 3.05) is 0 Å². The highest BCUT2D eigenvalue weighted by atomic mass is 19.1. The van der Waals surface area contributed by atoms with Gasteiger partial charge in [-0.15, -0.1) is 0 Å². The number of alkyl halides is 1. The molecule has 2 rings (SSSR count). The van der Waals surface area contributed by atoms with Crippen LogP contribution in [-0.2, 0) is 13.1 Å². The normalized spacial score (nSPS) is 10.9. The standard InChI is InChI=1S/C10H10FNO/c1-2-7-3-4-12-9-5-8(6-11)13-10(7)9/h3-5H,2,6H2,1H3. The van der Waals surface area contributed by atoms with Gasteiger partial charge in [-0.2, -0.15) is 0 Å². The Morgan fingerprint density at radius 1 is 1.54 bits per heavy atom. The van der Waals surface area contributed by atoms with Gasteiger partial charge in [0.1, 0.15) is 18.0 Å². The molecule has 13 heavy (non-hydrogen) atoms. The summed E-state index contributed by atoms with van der Waals surface area (Å²) < 4.78 is 17.6. The van der Waals surface area contributed by atoms with Crippen LogP contribution in [0.3, 0.4) is 0 Å². The molecule has 0 aliphatic carbocycles. The van der Waals surface area contributed by atoms with Gasteiger partial charge in [0, 0.05) is 12.3 Å². The summed E-state index contributed by atoms with van der Waals surface area (Å²) in [4.78, 5) is 4.10. The predicted octanol–water partition coefficient (Wildman–Crippen LogP) is 2.86. The van der Waals surface area contributed by atoms with Crippen LogP contribution in [0.4, 0.5) is 4.39 Å². The third kappa shape index (κ3) is 1.30. The van der Waals surface area contributed by atoms with Crippen LogP contribution in [0.2, 0.25) is 0 Å². The Kier molecular flexibility index (Phi) is 2.00. The fourth-order valence-electron chi connectivity index (χ4n) is 1.38. The third-order valence-electron chi connectivity index (χ3n) is 2.06. The van der Waals surface area contributed by atoms with Crippen molar-refractivity contribution in [2.45, 2.75) is 20.0 Å². The highest BCUT2D eigenvalue weighted by Crippen LogP contribution is 2.21. The van der Waals surface area contributed by atoms with Gasteiger partial charge in [0.25, 0.3) is 0 Å². The highest BCUT2D eigenvalue weighted by molar-refractivity contribution is 5.76. The molecule has 0 radical (unpaired) electrons. The molecule has 0 aliphatic rings. The Bertz CT molecular complexity index is 422. The van der Waals surface area contributed by atoms with Crippen molar-refractivity contribution in [3.63, 3.8) is 0 Å². The number of halogens is 1. The van der Waals surface area contributed by atoms with Gasteiger partial charge in [-0.25, -0.2) is 4.39 Å². The molecule has 0 amide bonds. The van der Waals surface area contributed by atoms with Gasteiger partial charge < -0.3 is 4.42 Å². The van der Waals surface area contributed by atoms with Gasteiger partial charge in [0.05, 0.1) is 0 Å². The van der Waals surface area contributed by atoms with Crippen LogP contribution in [0.1, 0.15) is 18.2 Å². The molecule has 0 saturated heterocycles. The Morgan fingerprint density at radius 2 is 2.38 bits per heavy atom. The first-order valence-electron chi connectivity index (χ1n) is 4.27. The lowest BCUT2D eigenvalue weighted by Gasteiger charge is -1.95. The van der Waals surface area contributed by atoms with Crippen LogP contribution in [0, 0.1) is 0 Å². The molecule has 0 saturated carbocycles. The number of hydrogen-bond donors (Lipinski definition) is 0. The van der Waals surface area contributed by atoms with Crippen molar-refractivity contribution < 1.29 is 8.81 Å².